The van der Waals surface area contributed by atoms with Crippen molar-refractivity contribution in [2.45, 2.75) is 6.54 Å². The molecule has 0 spiro atoms. The molecule has 0 saturated carbocycles. The average molecular weight is 227 g/mol. The lowest BCUT2D eigenvalue weighted by molar-refractivity contribution is -0.113. The van der Waals surface area contributed by atoms with Crippen LogP contribution in [0.3, 0.4) is 0 Å². The van der Waals surface area contributed by atoms with E-state index >= 15 is 0 Å². The summed E-state index contributed by atoms with van der Waals surface area (Å²) in [6.45, 7) is 0.762. The number of amides is 1. The number of hydrogen-bond donors (Lipinski definition) is 1. The van der Waals surface area contributed by atoms with Crippen LogP contribution in [0.1, 0.15) is 11.3 Å². The smallest absolute Gasteiger partial charge is 0.241 e. The van der Waals surface area contributed by atoms with Crippen LogP contribution in [-0.2, 0) is 11.3 Å². The monoisotopic (exact) mass is 227 g/mol. The Morgan fingerprint density at radius 2 is 2.12 bits per heavy atom. The molecule has 1 aromatic heterocycles. The van der Waals surface area contributed by atoms with Crippen molar-refractivity contribution in [3.8, 4) is 0 Å². The number of nitrogens with two attached hydrogens (primary N) is 1. The summed E-state index contributed by atoms with van der Waals surface area (Å²) in [5, 5.41) is 0. The first kappa shape index (κ1) is 11.1. The molecule has 0 aliphatic carbocycles. The van der Waals surface area contributed by atoms with E-state index < -0.39 is 5.91 Å². The summed E-state index contributed by atoms with van der Waals surface area (Å²) >= 11 is 0. The zero-order valence-corrected chi connectivity index (χ0v) is 9.28. The minimum Gasteiger partial charge on any atom is -0.366 e. The zero-order chi connectivity index (χ0) is 12.1. The molecular formula is C13H13N3O. The maximum atomic E-state index is 10.6. The largest absolute Gasteiger partial charge is 0.366 e. The van der Waals surface area contributed by atoms with E-state index in [1.807, 2.05) is 29.0 Å². The molecule has 4 nitrogen and oxygen atoms in total. The lowest BCUT2D eigenvalue weighted by atomic mass is 10.2. The Hall–Kier alpha value is -2.36. The topological polar surface area (TPSA) is 60.9 Å². The van der Waals surface area contributed by atoms with Crippen molar-refractivity contribution in [3.63, 3.8) is 0 Å². The number of imidazole rings is 1. The van der Waals surface area contributed by atoms with Crippen LogP contribution in [0.5, 0.6) is 0 Å². The average Bonchev–Trinajstić information content (AvgIpc) is 2.75. The van der Waals surface area contributed by atoms with E-state index in [0.717, 1.165) is 12.2 Å². The molecular weight excluding hydrogens is 214 g/mol. The number of rotatable bonds is 4. The first-order valence-electron chi connectivity index (χ1n) is 5.27. The summed E-state index contributed by atoms with van der Waals surface area (Å²) in [5.74, 6) is -0.470. The summed E-state index contributed by atoms with van der Waals surface area (Å²) in [6.07, 6.45) is 6.50. The van der Waals surface area contributed by atoms with E-state index in [4.69, 9.17) is 5.73 Å². The fraction of sp³-hybridized carbons (Fsp3) is 0.0769. The molecule has 0 aliphatic heterocycles. The van der Waals surface area contributed by atoms with Gasteiger partial charge in [-0.3, -0.25) is 4.79 Å². The van der Waals surface area contributed by atoms with Crippen LogP contribution in [-0.4, -0.2) is 15.5 Å². The van der Waals surface area contributed by atoms with Crippen LogP contribution in [0, 0.1) is 0 Å². The molecule has 0 bridgehead atoms. The highest BCUT2D eigenvalue weighted by Gasteiger charge is 1.97. The van der Waals surface area contributed by atoms with Crippen molar-refractivity contribution < 1.29 is 4.79 Å². The third kappa shape index (κ3) is 3.31. The van der Waals surface area contributed by atoms with Crippen molar-refractivity contribution >= 4 is 12.0 Å². The zero-order valence-electron chi connectivity index (χ0n) is 9.28. The van der Waals surface area contributed by atoms with Gasteiger partial charge in [-0.25, -0.2) is 4.98 Å². The van der Waals surface area contributed by atoms with E-state index in [2.05, 4.69) is 17.1 Å². The van der Waals surface area contributed by atoms with Gasteiger partial charge >= 0.3 is 0 Å². The van der Waals surface area contributed by atoms with Crippen LogP contribution in [0.4, 0.5) is 0 Å². The fourth-order valence-corrected chi connectivity index (χ4v) is 1.51. The third-order valence-corrected chi connectivity index (χ3v) is 2.28. The van der Waals surface area contributed by atoms with Crippen LogP contribution >= 0.6 is 0 Å². The predicted octanol–water partition coefficient (Wildman–Crippen LogP) is 1.43. The van der Waals surface area contributed by atoms with Crippen molar-refractivity contribution in [2.24, 2.45) is 5.73 Å². The molecule has 0 fully saturated rings. The van der Waals surface area contributed by atoms with E-state index in [9.17, 15) is 4.79 Å². The molecule has 0 radical (unpaired) electrons. The molecule has 0 unspecified atom stereocenters. The summed E-state index contributed by atoms with van der Waals surface area (Å²) in [7, 11) is 0. The Labute approximate surface area is 99.4 Å². The van der Waals surface area contributed by atoms with E-state index in [1.54, 1.807) is 12.4 Å². The molecule has 1 amide bonds. The number of carbonyl (C=O) groups excluding carboxylic acids is 1. The van der Waals surface area contributed by atoms with Crippen LogP contribution in [0.15, 0.2) is 48.9 Å². The molecule has 1 aromatic carbocycles. The molecule has 0 saturated heterocycles. The first-order valence-corrected chi connectivity index (χ1v) is 5.27. The van der Waals surface area contributed by atoms with Gasteiger partial charge in [-0.15, -0.1) is 0 Å². The number of carbonyl (C=O) groups is 1. The van der Waals surface area contributed by atoms with Gasteiger partial charge in [0.1, 0.15) is 0 Å². The maximum absolute atomic E-state index is 10.6. The quantitative estimate of drug-likeness (QED) is 0.803. The molecule has 17 heavy (non-hydrogen) atoms. The van der Waals surface area contributed by atoms with Gasteiger partial charge in [-0.1, -0.05) is 30.3 Å². The molecule has 2 N–H and O–H groups in total. The summed E-state index contributed by atoms with van der Waals surface area (Å²) in [6, 6.07) is 10.1. The van der Waals surface area contributed by atoms with Gasteiger partial charge in [-0.05, 0) is 11.6 Å². The minimum atomic E-state index is -0.470. The van der Waals surface area contributed by atoms with E-state index in [1.165, 1.54) is 11.6 Å². The molecule has 4 heteroatoms. The highest BCUT2D eigenvalue weighted by atomic mass is 16.1. The second-order valence-corrected chi connectivity index (χ2v) is 3.69. The fourth-order valence-electron chi connectivity index (χ4n) is 1.51. The molecule has 0 aliphatic rings. The lowest BCUT2D eigenvalue weighted by Crippen LogP contribution is -2.05. The summed E-state index contributed by atoms with van der Waals surface area (Å²) in [5.41, 5.74) is 6.94. The first-order chi connectivity index (χ1) is 8.24. The molecule has 86 valence electrons. The third-order valence-electron chi connectivity index (χ3n) is 2.28. The normalized spacial score (nSPS) is 10.8. The van der Waals surface area contributed by atoms with Crippen LogP contribution in [0.2, 0.25) is 0 Å². The Balaban J connectivity index is 2.06. The van der Waals surface area contributed by atoms with Crippen molar-refractivity contribution in [1.29, 1.82) is 0 Å². The van der Waals surface area contributed by atoms with Gasteiger partial charge in [-0.2, -0.15) is 0 Å². The highest BCUT2D eigenvalue weighted by molar-refractivity contribution is 5.89. The van der Waals surface area contributed by atoms with Crippen LogP contribution in [0.25, 0.3) is 6.08 Å². The molecule has 0 atom stereocenters. The second kappa shape index (κ2) is 5.12. The number of primary amides is 1. The second-order valence-electron chi connectivity index (χ2n) is 3.69. The van der Waals surface area contributed by atoms with Gasteiger partial charge in [0.05, 0.1) is 12.0 Å². The van der Waals surface area contributed by atoms with Crippen molar-refractivity contribution in [1.82, 2.24) is 9.55 Å². The van der Waals surface area contributed by atoms with Gasteiger partial charge in [0.25, 0.3) is 0 Å². The maximum Gasteiger partial charge on any atom is 0.241 e. The van der Waals surface area contributed by atoms with Gasteiger partial charge in [0, 0.05) is 18.8 Å². The van der Waals surface area contributed by atoms with E-state index in [0.29, 0.717) is 0 Å². The molecule has 1 heterocycles. The van der Waals surface area contributed by atoms with Gasteiger partial charge in [0.2, 0.25) is 5.91 Å². The minimum absolute atomic E-state index is 0.470. The SMILES string of the molecule is NC(=O)/C=C/c1cn(Cc2ccccc2)cn1. The number of nitrogens with zero attached hydrogens (tertiary/aromatic N) is 2. The van der Waals surface area contributed by atoms with Gasteiger partial charge < -0.3 is 10.3 Å². The Morgan fingerprint density at radius 3 is 2.82 bits per heavy atom. The number of aromatic nitrogens is 2. The number of benzene rings is 1. The van der Waals surface area contributed by atoms with Crippen LogP contribution < -0.4 is 5.73 Å². The Bertz CT molecular complexity index is 529. The van der Waals surface area contributed by atoms with E-state index in [-0.39, 0.29) is 0 Å². The standard InChI is InChI=1S/C13H13N3O/c14-13(17)7-6-12-9-16(10-15-12)8-11-4-2-1-3-5-11/h1-7,9-10H,8H2,(H2,14,17)/b7-6+. The lowest BCUT2D eigenvalue weighted by Gasteiger charge is -2.00. The molecule has 2 aromatic rings. The molecule has 2 rings (SSSR count). The Morgan fingerprint density at radius 1 is 1.35 bits per heavy atom. The summed E-state index contributed by atoms with van der Waals surface area (Å²) in [4.78, 5) is 14.7. The predicted molar refractivity (Wildman–Crippen MR) is 66.0 cm³/mol. The van der Waals surface area contributed by atoms with Crippen molar-refractivity contribution in [2.75, 3.05) is 0 Å². The van der Waals surface area contributed by atoms with Crippen molar-refractivity contribution in [3.05, 3.63) is 60.2 Å². The summed E-state index contributed by atoms with van der Waals surface area (Å²) < 4.78 is 1.95. The Kier molecular flexibility index (Phi) is 3.35. The van der Waals surface area contributed by atoms with Gasteiger partial charge in [0.15, 0.2) is 0 Å². The highest BCUT2D eigenvalue weighted by Crippen LogP contribution is 2.04. The number of hydrogen-bond acceptors (Lipinski definition) is 2.